The molecule has 1 N–H and O–H groups in total. The molecule has 4 atom stereocenters. The van der Waals surface area contributed by atoms with Crippen LogP contribution < -0.4 is 5.32 Å². The zero-order valence-electron chi connectivity index (χ0n) is 12.8. The van der Waals surface area contributed by atoms with Gasteiger partial charge in [-0.2, -0.15) is 0 Å². The number of rotatable bonds is 3. The average Bonchev–Trinajstić information content (AvgIpc) is 2.38. The second-order valence-corrected chi connectivity index (χ2v) is 6.92. The van der Waals surface area contributed by atoms with E-state index in [-0.39, 0.29) is 0 Å². The highest BCUT2D eigenvalue weighted by molar-refractivity contribution is 4.90. The lowest BCUT2D eigenvalue weighted by Crippen LogP contribution is -2.53. The first-order valence-electron chi connectivity index (χ1n) is 8.04. The first kappa shape index (κ1) is 14.3. The molecule has 4 unspecified atom stereocenters. The lowest BCUT2D eigenvalue weighted by atomic mass is 9.76. The van der Waals surface area contributed by atoms with Crippen molar-refractivity contribution in [1.82, 2.24) is 10.2 Å². The van der Waals surface area contributed by atoms with E-state index in [9.17, 15) is 0 Å². The maximum absolute atomic E-state index is 3.48. The van der Waals surface area contributed by atoms with Crippen molar-refractivity contribution in [2.75, 3.05) is 20.1 Å². The van der Waals surface area contributed by atoms with E-state index in [4.69, 9.17) is 0 Å². The standard InChI is InChI=1S/C16H32N2/c1-12(2)14-7-5-6-8-16(14)18-10-9-15(17-4)13(3)11-18/h12-17H,5-11H2,1-4H3. The number of piperidine rings is 1. The number of likely N-dealkylation sites (tertiary alicyclic amines) is 1. The summed E-state index contributed by atoms with van der Waals surface area (Å²) in [5, 5.41) is 3.48. The first-order chi connectivity index (χ1) is 8.63. The van der Waals surface area contributed by atoms with Gasteiger partial charge in [0, 0.05) is 18.6 Å². The Morgan fingerprint density at radius 3 is 2.44 bits per heavy atom. The Balaban J connectivity index is 1.97. The van der Waals surface area contributed by atoms with Gasteiger partial charge in [0.2, 0.25) is 0 Å². The minimum absolute atomic E-state index is 0.738. The molecular formula is C16H32N2. The largest absolute Gasteiger partial charge is 0.317 e. The zero-order chi connectivity index (χ0) is 13.1. The molecule has 0 aromatic carbocycles. The van der Waals surface area contributed by atoms with Crippen LogP contribution in [0.4, 0.5) is 0 Å². The summed E-state index contributed by atoms with van der Waals surface area (Å²) in [5.74, 6) is 2.60. The average molecular weight is 252 g/mol. The SMILES string of the molecule is CNC1CCN(C2CCCCC2C(C)C)CC1C. The monoisotopic (exact) mass is 252 g/mol. The van der Waals surface area contributed by atoms with Crippen LogP contribution in [0.2, 0.25) is 0 Å². The normalized spacial score (nSPS) is 39.2. The Morgan fingerprint density at radius 2 is 1.83 bits per heavy atom. The van der Waals surface area contributed by atoms with E-state index >= 15 is 0 Å². The van der Waals surface area contributed by atoms with Crippen LogP contribution >= 0.6 is 0 Å². The Bertz CT molecular complexity index is 251. The molecule has 1 saturated carbocycles. The van der Waals surface area contributed by atoms with Gasteiger partial charge in [-0.3, -0.25) is 4.90 Å². The van der Waals surface area contributed by atoms with Gasteiger partial charge in [0.05, 0.1) is 0 Å². The van der Waals surface area contributed by atoms with E-state index in [1.54, 1.807) is 0 Å². The van der Waals surface area contributed by atoms with Gasteiger partial charge in [-0.05, 0) is 50.6 Å². The summed E-state index contributed by atoms with van der Waals surface area (Å²) in [6.07, 6.45) is 7.15. The fraction of sp³-hybridized carbons (Fsp3) is 1.00. The van der Waals surface area contributed by atoms with E-state index in [1.165, 1.54) is 45.2 Å². The van der Waals surface area contributed by atoms with Crippen LogP contribution in [0.1, 0.15) is 52.9 Å². The van der Waals surface area contributed by atoms with Gasteiger partial charge >= 0.3 is 0 Å². The molecule has 2 rings (SSSR count). The molecule has 0 amide bonds. The van der Waals surface area contributed by atoms with Gasteiger partial charge in [0.15, 0.2) is 0 Å². The predicted octanol–water partition coefficient (Wildman–Crippen LogP) is 3.13. The molecule has 2 heteroatoms. The minimum atomic E-state index is 0.738. The quantitative estimate of drug-likeness (QED) is 0.830. The van der Waals surface area contributed by atoms with E-state index < -0.39 is 0 Å². The second-order valence-electron chi connectivity index (χ2n) is 6.92. The van der Waals surface area contributed by atoms with Crippen molar-refractivity contribution in [2.24, 2.45) is 17.8 Å². The van der Waals surface area contributed by atoms with Crippen molar-refractivity contribution in [2.45, 2.75) is 65.0 Å². The first-order valence-corrected chi connectivity index (χ1v) is 8.04. The highest BCUT2D eigenvalue weighted by Gasteiger charge is 2.35. The fourth-order valence-electron chi connectivity index (χ4n) is 4.28. The van der Waals surface area contributed by atoms with Crippen LogP contribution in [0, 0.1) is 17.8 Å². The summed E-state index contributed by atoms with van der Waals surface area (Å²) in [4.78, 5) is 2.82. The van der Waals surface area contributed by atoms with Gasteiger partial charge < -0.3 is 5.32 Å². The fourth-order valence-corrected chi connectivity index (χ4v) is 4.28. The maximum atomic E-state index is 3.48. The molecular weight excluding hydrogens is 220 g/mol. The van der Waals surface area contributed by atoms with Gasteiger partial charge in [-0.15, -0.1) is 0 Å². The molecule has 1 aliphatic heterocycles. The minimum Gasteiger partial charge on any atom is -0.317 e. The van der Waals surface area contributed by atoms with Crippen LogP contribution in [0.3, 0.4) is 0 Å². The number of hydrogen-bond acceptors (Lipinski definition) is 2. The Morgan fingerprint density at radius 1 is 1.11 bits per heavy atom. The molecule has 1 saturated heterocycles. The summed E-state index contributed by atoms with van der Waals surface area (Å²) in [7, 11) is 2.12. The van der Waals surface area contributed by atoms with Crippen LogP contribution in [0.25, 0.3) is 0 Å². The molecule has 1 aliphatic carbocycles. The molecule has 0 bridgehead atoms. The Labute approximate surface area is 114 Å². The number of nitrogens with zero attached hydrogens (tertiary/aromatic N) is 1. The summed E-state index contributed by atoms with van der Waals surface area (Å²) in [5.41, 5.74) is 0. The van der Waals surface area contributed by atoms with Crippen LogP contribution in [0.5, 0.6) is 0 Å². The molecule has 0 spiro atoms. The van der Waals surface area contributed by atoms with Gasteiger partial charge in [0.1, 0.15) is 0 Å². The van der Waals surface area contributed by atoms with Crippen molar-refractivity contribution < 1.29 is 0 Å². The smallest absolute Gasteiger partial charge is 0.0126 e. The molecule has 0 aromatic rings. The molecule has 1 heterocycles. The third-order valence-corrected chi connectivity index (χ3v) is 5.41. The van der Waals surface area contributed by atoms with Crippen LogP contribution in [-0.2, 0) is 0 Å². The summed E-state index contributed by atoms with van der Waals surface area (Å²) in [6, 6.07) is 1.61. The highest BCUT2D eigenvalue weighted by Crippen LogP contribution is 2.35. The molecule has 0 aromatic heterocycles. The van der Waals surface area contributed by atoms with Crippen LogP contribution in [-0.4, -0.2) is 37.1 Å². The Hall–Kier alpha value is -0.0800. The molecule has 106 valence electrons. The molecule has 2 fully saturated rings. The predicted molar refractivity (Wildman–Crippen MR) is 78.8 cm³/mol. The topological polar surface area (TPSA) is 15.3 Å². The van der Waals surface area contributed by atoms with Gasteiger partial charge in [0.25, 0.3) is 0 Å². The molecule has 2 aliphatic rings. The van der Waals surface area contributed by atoms with Gasteiger partial charge in [-0.1, -0.05) is 33.6 Å². The van der Waals surface area contributed by atoms with Crippen molar-refractivity contribution >= 4 is 0 Å². The Kier molecular flexibility index (Phi) is 5.08. The molecule has 2 nitrogen and oxygen atoms in total. The third-order valence-electron chi connectivity index (χ3n) is 5.41. The van der Waals surface area contributed by atoms with E-state index in [1.807, 2.05) is 0 Å². The van der Waals surface area contributed by atoms with Crippen molar-refractivity contribution in [1.29, 1.82) is 0 Å². The summed E-state index contributed by atoms with van der Waals surface area (Å²) in [6.45, 7) is 9.88. The van der Waals surface area contributed by atoms with Gasteiger partial charge in [-0.25, -0.2) is 0 Å². The number of nitrogens with one attached hydrogen (secondary N) is 1. The lowest BCUT2D eigenvalue weighted by Gasteiger charge is -2.46. The van der Waals surface area contributed by atoms with E-state index in [0.717, 1.165) is 29.8 Å². The van der Waals surface area contributed by atoms with Crippen LogP contribution in [0.15, 0.2) is 0 Å². The van der Waals surface area contributed by atoms with Crippen molar-refractivity contribution in [3.05, 3.63) is 0 Å². The summed E-state index contributed by atoms with van der Waals surface area (Å²) >= 11 is 0. The highest BCUT2D eigenvalue weighted by atomic mass is 15.2. The molecule has 0 radical (unpaired) electrons. The summed E-state index contributed by atoms with van der Waals surface area (Å²) < 4.78 is 0. The third kappa shape index (κ3) is 3.08. The van der Waals surface area contributed by atoms with E-state index in [2.05, 4.69) is 38.0 Å². The lowest BCUT2D eigenvalue weighted by molar-refractivity contribution is 0.0369. The van der Waals surface area contributed by atoms with Crippen molar-refractivity contribution in [3.8, 4) is 0 Å². The zero-order valence-corrected chi connectivity index (χ0v) is 12.8. The number of hydrogen-bond donors (Lipinski definition) is 1. The van der Waals surface area contributed by atoms with Crippen molar-refractivity contribution in [3.63, 3.8) is 0 Å². The second kappa shape index (κ2) is 6.38. The maximum Gasteiger partial charge on any atom is 0.0126 e. The van der Waals surface area contributed by atoms with E-state index in [0.29, 0.717) is 0 Å². The molecule has 18 heavy (non-hydrogen) atoms.